The first-order chi connectivity index (χ1) is 34.6. The summed E-state index contributed by atoms with van der Waals surface area (Å²) in [6, 6.07) is 61.0. The van der Waals surface area contributed by atoms with Crippen LogP contribution in [-0.2, 0) is 0 Å². The first-order valence-electron chi connectivity index (χ1n) is 24.2. The molecule has 15 rings (SSSR count). The summed E-state index contributed by atoms with van der Waals surface area (Å²) < 4.78 is 38.3. The second kappa shape index (κ2) is 15.2. The highest BCUT2D eigenvalue weighted by Gasteiger charge is 2.44. The normalized spacial score (nSPS) is 14.7. The first-order valence-corrected chi connectivity index (χ1v) is 24.2. The Balaban J connectivity index is 0.968. The molecule has 70 heavy (non-hydrogen) atoms. The number of benzene rings is 9. The van der Waals surface area contributed by atoms with Gasteiger partial charge in [-0.15, -0.1) is 0 Å². The predicted molar refractivity (Wildman–Crippen MR) is 282 cm³/mol. The number of hydrogen-bond donors (Lipinski definition) is 0. The fourth-order valence-electron chi connectivity index (χ4n) is 11.4. The van der Waals surface area contributed by atoms with Crippen molar-refractivity contribution >= 4 is 101 Å². The molecule has 0 saturated carbocycles. The summed E-state index contributed by atoms with van der Waals surface area (Å²) >= 11 is 0. The van der Waals surface area contributed by atoms with Gasteiger partial charge in [0, 0.05) is 75.0 Å². The second-order valence-electron chi connectivity index (χ2n) is 18.9. The highest BCUT2D eigenvalue weighted by Crippen LogP contribution is 2.49. The summed E-state index contributed by atoms with van der Waals surface area (Å²) in [5, 5.41) is 4.45. The Labute approximate surface area is 403 Å². The van der Waals surface area contributed by atoms with Gasteiger partial charge in [-0.25, -0.2) is 0 Å². The van der Waals surface area contributed by atoms with E-state index in [9.17, 15) is 0 Å². The topological polar surface area (TPSA) is 69.7 Å². The van der Waals surface area contributed by atoms with Gasteiger partial charge in [-0.05, 0) is 136 Å². The van der Waals surface area contributed by atoms with Gasteiger partial charge in [0.25, 0.3) is 6.71 Å². The molecule has 0 atom stereocenters. The monoisotopic (exact) mass is 910 g/mol. The molecule has 4 aliphatic rings. The third kappa shape index (κ3) is 6.03. The molecule has 9 heteroatoms. The van der Waals surface area contributed by atoms with Crippen LogP contribution < -0.4 is 45.1 Å². The molecule has 8 nitrogen and oxygen atoms in total. The number of aryl methyl sites for hydroxylation is 1. The molecule has 0 fully saturated rings. The van der Waals surface area contributed by atoms with E-state index >= 15 is 0 Å². The minimum Gasteiger partial charge on any atom is -0.490 e. The maximum Gasteiger partial charge on any atom is 0.252 e. The average Bonchev–Trinajstić information content (AvgIpc) is 3.73. The van der Waals surface area contributed by atoms with Crippen LogP contribution in [0, 0.1) is 6.92 Å². The number of furan rings is 2. The average molecular weight is 911 g/mol. The standard InChI is InChI=1S/C61H43BN2O6/c1-36-27-51-61-52(28-36)64(42-18-22-55-58(33-42)66-24-7-23-65-55)50-35-60-59(67-25-8-26-68-60)34-48(50)62(61)47-21-17-38(40-16-20-46-44-12-3-5-14-54(44)70-57(46)32-40)30-49(47)63(51)41-10-6-9-37(29-41)39-15-19-45-43-11-2-4-13-53(43)69-56(45)31-39/h2-6,9-22,27-35H,7-8,23-26H2,1H3. The van der Waals surface area contributed by atoms with Crippen LogP contribution in [0.1, 0.15) is 18.4 Å². The van der Waals surface area contributed by atoms with E-state index < -0.39 is 0 Å². The molecule has 9 aromatic carbocycles. The van der Waals surface area contributed by atoms with Crippen LogP contribution in [0.4, 0.5) is 34.1 Å². The van der Waals surface area contributed by atoms with E-state index in [0.29, 0.717) is 26.4 Å². The van der Waals surface area contributed by atoms with Crippen molar-refractivity contribution in [3.05, 3.63) is 175 Å². The Morgan fingerprint density at radius 1 is 0.371 bits per heavy atom. The van der Waals surface area contributed by atoms with Gasteiger partial charge in [0.1, 0.15) is 22.3 Å². The third-order valence-corrected chi connectivity index (χ3v) is 14.6. The molecule has 2 aromatic heterocycles. The second-order valence-corrected chi connectivity index (χ2v) is 18.9. The molecule has 0 spiro atoms. The molecule has 6 heterocycles. The predicted octanol–water partition coefficient (Wildman–Crippen LogP) is 13.5. The van der Waals surface area contributed by atoms with Gasteiger partial charge in [0.15, 0.2) is 23.0 Å². The minimum absolute atomic E-state index is 0.147. The van der Waals surface area contributed by atoms with Gasteiger partial charge < -0.3 is 37.6 Å². The van der Waals surface area contributed by atoms with Gasteiger partial charge in [0.2, 0.25) is 0 Å². The molecule has 0 bridgehead atoms. The molecule has 0 radical (unpaired) electrons. The molecule has 0 N–H and O–H groups in total. The van der Waals surface area contributed by atoms with E-state index in [2.05, 4.69) is 156 Å². The number of fused-ring (bicyclic) bond motifs is 12. The lowest BCUT2D eigenvalue weighted by atomic mass is 9.33. The van der Waals surface area contributed by atoms with Gasteiger partial charge >= 0.3 is 0 Å². The summed E-state index contributed by atoms with van der Waals surface area (Å²) in [5.41, 5.74) is 18.9. The molecule has 11 aromatic rings. The Hall–Kier alpha value is -8.56. The van der Waals surface area contributed by atoms with Gasteiger partial charge in [-0.2, -0.15) is 0 Å². The molecule has 336 valence electrons. The van der Waals surface area contributed by atoms with Crippen molar-refractivity contribution in [1.82, 2.24) is 0 Å². The van der Waals surface area contributed by atoms with E-state index in [1.165, 1.54) is 10.9 Å². The SMILES string of the molecule is Cc1cc2c3c(c1)N(c1ccc4c(c1)OCCCO4)c1cc4c(cc1B3c1ccc(-c3ccc5c(c3)oc3ccccc35)cc1N2c1cccc(-c2ccc3c(c2)oc2ccccc23)c1)OCCCO4. The van der Waals surface area contributed by atoms with Crippen molar-refractivity contribution in [3.63, 3.8) is 0 Å². The lowest BCUT2D eigenvalue weighted by Crippen LogP contribution is -2.61. The van der Waals surface area contributed by atoms with E-state index in [4.69, 9.17) is 27.8 Å². The fourth-order valence-corrected chi connectivity index (χ4v) is 11.4. The molecule has 0 aliphatic carbocycles. The number of para-hydroxylation sites is 2. The van der Waals surface area contributed by atoms with Gasteiger partial charge in [-0.1, -0.05) is 72.8 Å². The number of rotatable bonds is 4. The van der Waals surface area contributed by atoms with Gasteiger partial charge in [0.05, 0.1) is 32.1 Å². The van der Waals surface area contributed by atoms with Crippen molar-refractivity contribution in [1.29, 1.82) is 0 Å². The molecular formula is C61H43BN2O6. The zero-order chi connectivity index (χ0) is 46.0. The van der Waals surface area contributed by atoms with E-state index in [-0.39, 0.29) is 6.71 Å². The van der Waals surface area contributed by atoms with Crippen LogP contribution in [0.2, 0.25) is 0 Å². The zero-order valence-electron chi connectivity index (χ0n) is 38.3. The fraction of sp³-hybridized carbons (Fsp3) is 0.115. The molecule has 4 aliphatic heterocycles. The lowest BCUT2D eigenvalue weighted by Gasteiger charge is -2.44. The van der Waals surface area contributed by atoms with Crippen LogP contribution in [0.3, 0.4) is 0 Å². The minimum atomic E-state index is -0.147. The highest BCUT2D eigenvalue weighted by molar-refractivity contribution is 7.00. The maximum atomic E-state index is 6.50. The Morgan fingerprint density at radius 2 is 0.900 bits per heavy atom. The smallest absolute Gasteiger partial charge is 0.252 e. The number of hydrogen-bond acceptors (Lipinski definition) is 8. The van der Waals surface area contributed by atoms with Crippen molar-refractivity contribution in [2.75, 3.05) is 36.2 Å². The van der Waals surface area contributed by atoms with Crippen LogP contribution in [0.25, 0.3) is 66.1 Å². The molecular weight excluding hydrogens is 867 g/mol. The number of ether oxygens (including phenoxy) is 4. The number of nitrogens with zero attached hydrogens (tertiary/aromatic N) is 2. The summed E-state index contributed by atoms with van der Waals surface area (Å²) in [5.74, 6) is 3.02. The third-order valence-electron chi connectivity index (χ3n) is 14.6. The van der Waals surface area contributed by atoms with E-state index in [1.807, 2.05) is 30.3 Å². The summed E-state index contributed by atoms with van der Waals surface area (Å²) in [4.78, 5) is 4.87. The van der Waals surface area contributed by atoms with Crippen LogP contribution in [0.5, 0.6) is 23.0 Å². The van der Waals surface area contributed by atoms with Crippen molar-refractivity contribution < 1.29 is 27.8 Å². The Morgan fingerprint density at radius 3 is 1.57 bits per heavy atom. The summed E-state index contributed by atoms with van der Waals surface area (Å²) in [6.07, 6.45) is 1.64. The van der Waals surface area contributed by atoms with Crippen LogP contribution in [0.15, 0.2) is 179 Å². The molecule has 0 saturated heterocycles. The number of anilines is 6. The van der Waals surface area contributed by atoms with Crippen LogP contribution in [-0.4, -0.2) is 33.1 Å². The van der Waals surface area contributed by atoms with E-state index in [0.717, 1.165) is 147 Å². The Bertz CT molecular complexity index is 3980. The molecule has 0 unspecified atom stereocenters. The molecule has 0 amide bonds. The van der Waals surface area contributed by atoms with Crippen LogP contribution >= 0.6 is 0 Å². The largest absolute Gasteiger partial charge is 0.490 e. The maximum absolute atomic E-state index is 6.50. The van der Waals surface area contributed by atoms with Crippen molar-refractivity contribution in [2.24, 2.45) is 0 Å². The summed E-state index contributed by atoms with van der Waals surface area (Å²) in [7, 11) is 0. The van der Waals surface area contributed by atoms with Crippen molar-refractivity contribution in [2.45, 2.75) is 19.8 Å². The summed E-state index contributed by atoms with van der Waals surface area (Å²) in [6.45, 7) is 4.45. The quantitative estimate of drug-likeness (QED) is 0.162. The lowest BCUT2D eigenvalue weighted by molar-refractivity contribution is 0.296. The van der Waals surface area contributed by atoms with Crippen molar-refractivity contribution in [3.8, 4) is 45.3 Å². The van der Waals surface area contributed by atoms with Gasteiger partial charge in [-0.3, -0.25) is 0 Å². The first kappa shape index (κ1) is 39.4. The Kier molecular flexibility index (Phi) is 8.58. The zero-order valence-corrected chi connectivity index (χ0v) is 38.3. The highest BCUT2D eigenvalue weighted by atomic mass is 16.5. The van der Waals surface area contributed by atoms with E-state index in [1.54, 1.807) is 0 Å².